The van der Waals surface area contributed by atoms with E-state index in [1.807, 2.05) is 41.5 Å². The molecular formula is C70H126N12O15S. The molecule has 28 heteroatoms. The maximum atomic E-state index is 15.6. The molecule has 4 N–H and O–H groups in total. The van der Waals surface area contributed by atoms with E-state index in [2.05, 4.69) is 20.9 Å². The molecule has 0 aliphatic carbocycles. The summed E-state index contributed by atoms with van der Waals surface area (Å²) in [4.78, 5) is 178. The van der Waals surface area contributed by atoms with Crippen molar-refractivity contribution in [3.05, 3.63) is 12.2 Å². The standard InChI is InChI=1S/C70H126N12O15S/c1-26-28-30-46(13)59(83)58-70(94)74(17)50(27-2)64(88)75(18)51(31-29-32-82-33-35-97-36-34-82)65(89)80(23)57(47(14)40-98(25,95)96)62(86)73-55(44(9)10)68(92)76(19)52(37-41(3)4)61(85)71-48(15)60(84)72-49(16)63(87)77(20)53(38-42(5)6)66(90)78(21)54(39-43(7)8)67(91)79(22)56(45(11)12)69(93)81(58)24/h26,28,41-59,83H,27,29-40H2,1-25H3,(H,71,85)(H,72,84)(H,73,86)/b28-26+/t46-,47-,48+,49-,50+,51-,52+,53+,54+,55+,56+,57+,58+,59-/m1/s1. The van der Waals surface area contributed by atoms with Crippen molar-refractivity contribution in [2.45, 2.75) is 228 Å². The summed E-state index contributed by atoms with van der Waals surface area (Å²) >= 11 is 0. The van der Waals surface area contributed by atoms with E-state index in [1.165, 1.54) is 102 Å². The Morgan fingerprint density at radius 2 is 0.918 bits per heavy atom. The van der Waals surface area contributed by atoms with E-state index in [1.54, 1.807) is 60.6 Å². The number of nitrogens with one attached hydrogen (secondary N) is 3. The van der Waals surface area contributed by atoms with Crippen LogP contribution in [0.5, 0.6) is 0 Å². The number of allylic oxidation sites excluding steroid dienone is 2. The van der Waals surface area contributed by atoms with Crippen LogP contribution in [0.1, 0.15) is 156 Å². The van der Waals surface area contributed by atoms with Gasteiger partial charge < -0.3 is 65.0 Å². The average molecular weight is 1410 g/mol. The molecule has 0 saturated carbocycles. The Morgan fingerprint density at radius 1 is 0.500 bits per heavy atom. The van der Waals surface area contributed by atoms with E-state index in [4.69, 9.17) is 4.74 Å². The fraction of sp³-hybridized carbons (Fsp3) is 0.814. The van der Waals surface area contributed by atoms with Gasteiger partial charge in [0.2, 0.25) is 65.0 Å². The van der Waals surface area contributed by atoms with Crippen molar-refractivity contribution in [3.8, 4) is 0 Å². The zero-order valence-corrected chi connectivity index (χ0v) is 64.7. The summed E-state index contributed by atoms with van der Waals surface area (Å²) in [5.41, 5.74) is 0. The Kier molecular flexibility index (Phi) is 35.5. The minimum Gasteiger partial charge on any atom is -0.390 e. The molecule has 0 aromatic rings. The third-order valence-electron chi connectivity index (χ3n) is 19.2. The minimum atomic E-state index is -3.86. The van der Waals surface area contributed by atoms with Crippen molar-refractivity contribution in [1.29, 1.82) is 0 Å². The summed E-state index contributed by atoms with van der Waals surface area (Å²) in [5.74, 6) is -12.4. The fourth-order valence-corrected chi connectivity index (χ4v) is 14.4. The van der Waals surface area contributed by atoms with Crippen LogP contribution in [-0.2, 0) is 67.3 Å². The van der Waals surface area contributed by atoms with Crippen LogP contribution in [0.15, 0.2) is 12.2 Å². The molecule has 14 atom stereocenters. The topological polar surface area (TPSA) is 317 Å². The Labute approximate surface area is 586 Å². The molecule has 0 aromatic carbocycles. The number of carbonyl (C=O) groups is 11. The van der Waals surface area contributed by atoms with Crippen LogP contribution in [0.4, 0.5) is 0 Å². The molecule has 2 rings (SSSR count). The molecule has 2 aliphatic rings. The first kappa shape index (κ1) is 87.8. The van der Waals surface area contributed by atoms with Crippen LogP contribution in [0.3, 0.4) is 0 Å². The maximum Gasteiger partial charge on any atom is 0.248 e. The van der Waals surface area contributed by atoms with Crippen LogP contribution in [0.2, 0.25) is 0 Å². The van der Waals surface area contributed by atoms with Crippen LogP contribution in [0.25, 0.3) is 0 Å². The lowest BCUT2D eigenvalue weighted by Gasteiger charge is -2.43. The van der Waals surface area contributed by atoms with Gasteiger partial charge in [0.25, 0.3) is 0 Å². The number of carbonyl (C=O) groups excluding carboxylic acids is 11. The largest absolute Gasteiger partial charge is 0.390 e. The Bertz CT molecular complexity index is 2850. The minimum absolute atomic E-state index is 0.0156. The number of aliphatic hydroxyl groups is 1. The zero-order valence-electron chi connectivity index (χ0n) is 63.9. The number of likely N-dealkylation sites (N-methyl/N-ethyl adjacent to an activating group) is 8. The quantitative estimate of drug-likeness (QED) is 0.127. The number of morpholine rings is 1. The number of sulfone groups is 1. The monoisotopic (exact) mass is 1410 g/mol. The third kappa shape index (κ3) is 24.2. The van der Waals surface area contributed by atoms with Crippen molar-refractivity contribution in [3.63, 3.8) is 0 Å². The molecule has 0 radical (unpaired) electrons. The van der Waals surface area contributed by atoms with Gasteiger partial charge in [0.1, 0.15) is 76.3 Å². The third-order valence-corrected chi connectivity index (χ3v) is 20.3. The summed E-state index contributed by atoms with van der Waals surface area (Å²) in [7, 11) is 7.29. The lowest BCUT2D eigenvalue weighted by molar-refractivity contribution is -0.161. The van der Waals surface area contributed by atoms with E-state index in [0.29, 0.717) is 39.3 Å². The number of aliphatic hydroxyl groups excluding tert-OH is 1. The van der Waals surface area contributed by atoms with Gasteiger partial charge in [-0.05, 0) is 114 Å². The number of hydrogen-bond acceptors (Lipinski definition) is 16. The first-order chi connectivity index (χ1) is 45.3. The normalized spacial score (nSPS) is 27.4. The highest BCUT2D eigenvalue weighted by Gasteiger charge is 2.48. The fourth-order valence-electron chi connectivity index (χ4n) is 13.3. The average Bonchev–Trinajstić information content (AvgIpc) is 0.793. The molecule has 2 fully saturated rings. The summed E-state index contributed by atoms with van der Waals surface area (Å²) in [6, 6.07) is -14.8. The van der Waals surface area contributed by atoms with Crippen LogP contribution in [-0.4, -0.2) is 296 Å². The van der Waals surface area contributed by atoms with Crippen molar-refractivity contribution >= 4 is 74.8 Å². The molecule has 562 valence electrons. The van der Waals surface area contributed by atoms with Gasteiger partial charge in [-0.2, -0.15) is 0 Å². The van der Waals surface area contributed by atoms with Gasteiger partial charge in [0.15, 0.2) is 0 Å². The van der Waals surface area contributed by atoms with Crippen molar-refractivity contribution in [1.82, 2.24) is 60.0 Å². The Morgan fingerprint density at radius 3 is 1.40 bits per heavy atom. The predicted octanol–water partition coefficient (Wildman–Crippen LogP) is 2.73. The number of ether oxygens (including phenoxy) is 1. The molecule has 2 saturated heterocycles. The molecule has 0 aromatic heterocycles. The number of amides is 11. The lowest BCUT2D eigenvalue weighted by atomic mass is 9.91. The molecule has 0 spiro atoms. The lowest BCUT2D eigenvalue weighted by Crippen LogP contribution is -2.64. The molecule has 2 aliphatic heterocycles. The SMILES string of the molecule is C/C=C/C[C@@H](C)[C@@H](O)[C@H]1C(=O)N(C)[C@@H](CC)C(=O)N(C)[C@H](CCCN2CCOCC2)C(=O)N(C)[C@@H]([C@H](C)CS(C)(=O)=O)C(=O)N[C@@H](C(C)C)C(=O)N(C)[C@@H](CC(C)C)C(=O)N[C@@H](C)C(=O)N[C@H](C)C(=O)N(C)[C@@H](CC(C)C)C(=O)N(C)[C@@H](CC(C)C)C(=O)N(C)[C@@H](C(C)C)C(=O)N1C. The first-order valence-corrected chi connectivity index (χ1v) is 37.2. The molecule has 98 heavy (non-hydrogen) atoms. The number of nitrogens with zero attached hydrogens (tertiary/aromatic N) is 9. The van der Waals surface area contributed by atoms with Gasteiger partial charge in [0, 0.05) is 75.7 Å². The predicted molar refractivity (Wildman–Crippen MR) is 378 cm³/mol. The van der Waals surface area contributed by atoms with Crippen molar-refractivity contribution in [2.75, 3.05) is 101 Å². The van der Waals surface area contributed by atoms with E-state index >= 15 is 33.6 Å². The Hall–Kier alpha value is -6.26. The summed E-state index contributed by atoms with van der Waals surface area (Å²) in [6.07, 6.45) is 3.92. The number of rotatable bonds is 20. The van der Waals surface area contributed by atoms with E-state index in [0.717, 1.165) is 21.0 Å². The van der Waals surface area contributed by atoms with E-state index in [-0.39, 0.29) is 56.3 Å². The second-order valence-electron chi connectivity index (χ2n) is 29.7. The molecule has 27 nitrogen and oxygen atoms in total. The van der Waals surface area contributed by atoms with Gasteiger partial charge in [0.05, 0.1) is 25.1 Å². The van der Waals surface area contributed by atoms with Gasteiger partial charge in [-0.15, -0.1) is 0 Å². The van der Waals surface area contributed by atoms with Crippen molar-refractivity contribution < 1.29 is 71.0 Å². The molecule has 2 heterocycles. The molecule has 11 amide bonds. The summed E-state index contributed by atoms with van der Waals surface area (Å²) in [5, 5.41) is 20.6. The van der Waals surface area contributed by atoms with Gasteiger partial charge in [-0.25, -0.2) is 8.42 Å². The van der Waals surface area contributed by atoms with E-state index < -0.39 is 177 Å². The smallest absolute Gasteiger partial charge is 0.248 e. The molecule has 0 unspecified atom stereocenters. The van der Waals surface area contributed by atoms with Gasteiger partial charge in [-0.1, -0.05) is 102 Å². The van der Waals surface area contributed by atoms with Gasteiger partial charge >= 0.3 is 0 Å². The highest BCUT2D eigenvalue weighted by Crippen LogP contribution is 2.28. The zero-order chi connectivity index (χ0) is 75.5. The highest BCUT2D eigenvalue weighted by atomic mass is 32.2. The summed E-state index contributed by atoms with van der Waals surface area (Å²) in [6.45, 7) is 30.0. The van der Waals surface area contributed by atoms with Crippen LogP contribution >= 0.6 is 0 Å². The summed E-state index contributed by atoms with van der Waals surface area (Å²) < 4.78 is 31.9. The van der Waals surface area contributed by atoms with Crippen LogP contribution in [0, 0.1) is 41.4 Å². The van der Waals surface area contributed by atoms with E-state index in [9.17, 15) is 32.7 Å². The van der Waals surface area contributed by atoms with Crippen LogP contribution < -0.4 is 16.0 Å². The Balaban J connectivity index is 3.21. The van der Waals surface area contributed by atoms with Crippen molar-refractivity contribution in [2.24, 2.45) is 41.4 Å². The maximum absolute atomic E-state index is 15.6. The first-order valence-electron chi connectivity index (χ1n) is 35.1. The second-order valence-corrected chi connectivity index (χ2v) is 31.9. The second kappa shape index (κ2) is 39.7. The highest BCUT2D eigenvalue weighted by molar-refractivity contribution is 7.90. The number of hydrogen-bond donors (Lipinski definition) is 4. The molecule has 0 bridgehead atoms. The molecular weight excluding hydrogens is 1280 g/mol. The van der Waals surface area contributed by atoms with Gasteiger partial charge in [-0.3, -0.25) is 57.6 Å².